The molecule has 0 aliphatic rings. The Labute approximate surface area is 412 Å². The molecule has 0 fully saturated rings. The smallest absolute Gasteiger partial charge is 0.0476 e. The van der Waals surface area contributed by atoms with Crippen molar-refractivity contribution in [3.05, 3.63) is 273 Å². The third-order valence-electron chi connectivity index (χ3n) is 13.9. The molecule has 1 nitrogen and oxygen atoms in total. The summed E-state index contributed by atoms with van der Waals surface area (Å²) in [4.78, 5) is 2.41. The first kappa shape index (κ1) is 41.4. The van der Waals surface area contributed by atoms with Gasteiger partial charge in [0.25, 0.3) is 0 Å². The van der Waals surface area contributed by atoms with E-state index in [0.29, 0.717) is 0 Å². The Morgan fingerprint density at radius 2 is 0.671 bits per heavy atom. The Hall–Kier alpha value is -8.82. The molecule has 0 N–H and O–H groups in total. The zero-order valence-corrected chi connectivity index (χ0v) is 39.2. The fraction of sp³-hybridized carbons (Fsp3) is 0. The number of fused-ring (bicyclic) bond motifs is 5. The van der Waals surface area contributed by atoms with Gasteiger partial charge in [0, 0.05) is 37.2 Å². The van der Waals surface area contributed by atoms with E-state index < -0.39 is 0 Å². The number of rotatable bonds is 9. The normalized spacial score (nSPS) is 11.4. The van der Waals surface area contributed by atoms with Gasteiger partial charge in [-0.05, 0) is 131 Å². The topological polar surface area (TPSA) is 3.24 Å². The second kappa shape index (κ2) is 17.7. The van der Waals surface area contributed by atoms with Crippen molar-refractivity contribution in [3.8, 4) is 66.8 Å². The van der Waals surface area contributed by atoms with E-state index in [-0.39, 0.29) is 0 Å². The van der Waals surface area contributed by atoms with Crippen LogP contribution >= 0.6 is 11.3 Å². The molecule has 70 heavy (non-hydrogen) atoms. The van der Waals surface area contributed by atoms with Crippen LogP contribution < -0.4 is 4.90 Å². The summed E-state index contributed by atoms with van der Waals surface area (Å²) in [5, 5.41) is 7.54. The lowest BCUT2D eigenvalue weighted by Gasteiger charge is -2.27. The molecule has 0 bridgehead atoms. The molecule has 0 saturated heterocycles. The van der Waals surface area contributed by atoms with E-state index in [2.05, 4.69) is 278 Å². The van der Waals surface area contributed by atoms with Crippen LogP contribution in [0, 0.1) is 0 Å². The monoisotopic (exact) mass is 907 g/mol. The van der Waals surface area contributed by atoms with E-state index >= 15 is 0 Å². The maximum atomic E-state index is 2.41. The summed E-state index contributed by atoms with van der Waals surface area (Å²) in [5.74, 6) is 0. The molecule has 0 radical (unpaired) electrons. The second-order valence-electron chi connectivity index (χ2n) is 17.9. The van der Waals surface area contributed by atoms with E-state index in [4.69, 9.17) is 0 Å². The maximum Gasteiger partial charge on any atom is 0.0476 e. The summed E-state index contributed by atoms with van der Waals surface area (Å²) in [7, 11) is 0. The fourth-order valence-electron chi connectivity index (χ4n) is 10.7. The molecule has 0 spiro atoms. The average Bonchev–Trinajstić information content (AvgIpc) is 3.81. The Bertz CT molecular complexity index is 4000. The van der Waals surface area contributed by atoms with Crippen LogP contribution in [0.5, 0.6) is 0 Å². The van der Waals surface area contributed by atoms with Crippen molar-refractivity contribution in [3.63, 3.8) is 0 Å². The highest BCUT2D eigenvalue weighted by Gasteiger charge is 2.26. The molecule has 12 aromatic carbocycles. The van der Waals surface area contributed by atoms with Gasteiger partial charge in [0.05, 0.1) is 0 Å². The van der Waals surface area contributed by atoms with Gasteiger partial charge >= 0.3 is 0 Å². The molecule has 0 aliphatic carbocycles. The summed E-state index contributed by atoms with van der Waals surface area (Å²) in [6.45, 7) is 0. The number of thiophene rings is 1. The Morgan fingerprint density at radius 3 is 1.30 bits per heavy atom. The van der Waals surface area contributed by atoms with Crippen molar-refractivity contribution in [1.82, 2.24) is 0 Å². The second-order valence-corrected chi connectivity index (χ2v) is 19.0. The van der Waals surface area contributed by atoms with E-state index in [1.54, 1.807) is 0 Å². The van der Waals surface area contributed by atoms with Crippen LogP contribution in [0.2, 0.25) is 0 Å². The van der Waals surface area contributed by atoms with Crippen molar-refractivity contribution in [2.75, 3.05) is 4.90 Å². The molecule has 328 valence electrons. The molecule has 2 heteroatoms. The van der Waals surface area contributed by atoms with Crippen LogP contribution in [0.1, 0.15) is 0 Å². The van der Waals surface area contributed by atoms with Gasteiger partial charge in [-0.3, -0.25) is 0 Å². The van der Waals surface area contributed by atoms with Gasteiger partial charge in [-0.2, -0.15) is 0 Å². The molecular weight excluding hydrogens is 863 g/mol. The molecule has 0 aliphatic heterocycles. The molecule has 0 atom stereocenters. The van der Waals surface area contributed by atoms with Gasteiger partial charge in [0.1, 0.15) is 0 Å². The predicted octanol–water partition coefficient (Wildman–Crippen LogP) is 19.8. The molecule has 1 heterocycles. The standard InChI is InChI=1S/C68H45NS/c1-5-20-49(21-6-1)64-61-33-18-32-58(68(61)67(52-26-11-4-12-27-52)66(51-24-9-3-10-25-51)65(64)50-22-7-2-8-23-50)48-37-41-54(42-38-48)69(55-43-44-60-59-30-15-16-34-62(59)70-63(60)45-55)53-39-35-47(36-40-53)57-31-17-28-46-19-13-14-29-56(46)57/h1-45H. The maximum absolute atomic E-state index is 2.41. The van der Waals surface area contributed by atoms with Crippen molar-refractivity contribution >= 4 is 70.1 Å². The summed E-state index contributed by atoms with van der Waals surface area (Å²) in [6, 6.07) is 100. The molecule has 0 amide bonds. The molecule has 0 unspecified atom stereocenters. The first-order valence-electron chi connectivity index (χ1n) is 24.0. The minimum atomic E-state index is 1.09. The molecule has 1 aromatic heterocycles. The first-order chi connectivity index (χ1) is 34.7. The zero-order chi connectivity index (χ0) is 46.4. The van der Waals surface area contributed by atoms with Crippen LogP contribution in [0.4, 0.5) is 17.1 Å². The molecule has 13 aromatic rings. The summed E-state index contributed by atoms with van der Waals surface area (Å²) in [5.41, 5.74) is 17.7. The molecule has 0 saturated carbocycles. The quantitative estimate of drug-likeness (QED) is 0.139. The average molecular weight is 908 g/mol. The number of hydrogen-bond acceptors (Lipinski definition) is 2. The van der Waals surface area contributed by atoms with Crippen molar-refractivity contribution in [1.29, 1.82) is 0 Å². The minimum Gasteiger partial charge on any atom is -0.310 e. The van der Waals surface area contributed by atoms with Crippen LogP contribution in [-0.2, 0) is 0 Å². The Balaban J connectivity index is 1.02. The highest BCUT2D eigenvalue weighted by atomic mass is 32.1. The molecule has 13 rings (SSSR count). The van der Waals surface area contributed by atoms with Gasteiger partial charge in [0.2, 0.25) is 0 Å². The van der Waals surface area contributed by atoms with Gasteiger partial charge in [-0.1, -0.05) is 231 Å². The highest BCUT2D eigenvalue weighted by molar-refractivity contribution is 7.25. The van der Waals surface area contributed by atoms with Crippen LogP contribution in [0.15, 0.2) is 273 Å². The predicted molar refractivity (Wildman–Crippen MR) is 302 cm³/mol. The van der Waals surface area contributed by atoms with Gasteiger partial charge in [0.15, 0.2) is 0 Å². The fourth-order valence-corrected chi connectivity index (χ4v) is 11.9. The van der Waals surface area contributed by atoms with Gasteiger partial charge < -0.3 is 4.90 Å². The van der Waals surface area contributed by atoms with E-state index in [0.717, 1.165) is 22.6 Å². The summed E-state index contributed by atoms with van der Waals surface area (Å²) in [6.07, 6.45) is 0. The summed E-state index contributed by atoms with van der Waals surface area (Å²) >= 11 is 1.86. The van der Waals surface area contributed by atoms with E-state index in [1.165, 1.54) is 103 Å². The lowest BCUT2D eigenvalue weighted by molar-refractivity contribution is 1.29. The van der Waals surface area contributed by atoms with E-state index in [9.17, 15) is 0 Å². The van der Waals surface area contributed by atoms with Gasteiger partial charge in [-0.25, -0.2) is 0 Å². The van der Waals surface area contributed by atoms with Crippen molar-refractivity contribution in [2.45, 2.75) is 0 Å². The van der Waals surface area contributed by atoms with Gasteiger partial charge in [-0.15, -0.1) is 11.3 Å². The van der Waals surface area contributed by atoms with Crippen LogP contribution in [-0.4, -0.2) is 0 Å². The number of anilines is 3. The number of nitrogens with zero attached hydrogens (tertiary/aromatic N) is 1. The third-order valence-corrected chi connectivity index (χ3v) is 15.0. The van der Waals surface area contributed by atoms with E-state index in [1.807, 2.05) is 11.3 Å². The minimum absolute atomic E-state index is 1.09. The highest BCUT2D eigenvalue weighted by Crippen LogP contribution is 2.53. The largest absolute Gasteiger partial charge is 0.310 e. The van der Waals surface area contributed by atoms with Crippen LogP contribution in [0.25, 0.3) is 108 Å². The Kier molecular flexibility index (Phi) is 10.5. The lowest BCUT2D eigenvalue weighted by atomic mass is 9.77. The Morgan fingerprint density at radius 1 is 0.243 bits per heavy atom. The first-order valence-corrected chi connectivity index (χ1v) is 24.8. The third kappa shape index (κ3) is 7.25. The zero-order valence-electron chi connectivity index (χ0n) is 38.3. The number of hydrogen-bond donors (Lipinski definition) is 0. The van der Waals surface area contributed by atoms with Crippen molar-refractivity contribution < 1.29 is 0 Å². The number of benzene rings is 12. The lowest BCUT2D eigenvalue weighted by Crippen LogP contribution is -2.09. The van der Waals surface area contributed by atoms with Crippen LogP contribution in [0.3, 0.4) is 0 Å². The SMILES string of the molecule is c1ccc(-c2c(-c3ccccc3)c(-c3ccccc3)c3c(-c4ccc(N(c5ccc(-c6cccc7ccccc67)cc5)c5ccc6c(c5)sc5ccccc56)cc4)cccc3c2-c2ccccc2)cc1. The molecular formula is C68H45NS. The summed E-state index contributed by atoms with van der Waals surface area (Å²) < 4.78 is 2.58. The van der Waals surface area contributed by atoms with Crippen molar-refractivity contribution in [2.24, 2.45) is 0 Å².